The van der Waals surface area contributed by atoms with Gasteiger partial charge < -0.3 is 39.6 Å². The van der Waals surface area contributed by atoms with E-state index >= 15 is 0 Å². The highest BCUT2D eigenvalue weighted by Gasteiger charge is 2.38. The van der Waals surface area contributed by atoms with Gasteiger partial charge in [0.25, 0.3) is 11.8 Å². The molecule has 186 valence electrons. The van der Waals surface area contributed by atoms with E-state index in [1.165, 1.54) is 25.2 Å². The van der Waals surface area contributed by atoms with E-state index in [-0.39, 0.29) is 43.5 Å². The van der Waals surface area contributed by atoms with Gasteiger partial charge in [0.15, 0.2) is 29.6 Å². The Hall–Kier alpha value is -3.99. The Morgan fingerprint density at radius 1 is 1.09 bits per heavy atom. The predicted molar refractivity (Wildman–Crippen MR) is 123 cm³/mol. The fourth-order valence-corrected chi connectivity index (χ4v) is 4.00. The molecular weight excluding hydrogens is 458 g/mol. The van der Waals surface area contributed by atoms with Crippen LogP contribution >= 0.6 is 0 Å². The molecule has 4 bridgehead atoms. The van der Waals surface area contributed by atoms with E-state index in [1.807, 2.05) is 0 Å². The van der Waals surface area contributed by atoms with Crippen molar-refractivity contribution in [2.45, 2.75) is 18.7 Å². The Morgan fingerprint density at radius 2 is 1.89 bits per heavy atom. The third-order valence-corrected chi connectivity index (χ3v) is 5.85. The average Bonchev–Trinajstić information content (AvgIpc) is 3.27. The van der Waals surface area contributed by atoms with Gasteiger partial charge in [0, 0.05) is 18.7 Å². The Bertz CT molecular complexity index is 1120. The quantitative estimate of drug-likeness (QED) is 0.557. The second-order valence-electron chi connectivity index (χ2n) is 8.11. The van der Waals surface area contributed by atoms with Gasteiger partial charge in [0.1, 0.15) is 12.7 Å². The fraction of sp³-hybridized carbons (Fsp3) is 0.375. The van der Waals surface area contributed by atoms with Crippen molar-refractivity contribution in [3.8, 4) is 23.0 Å². The number of likely N-dealkylation sites (tertiary alicyclic amines) is 1. The SMILES string of the molecule is COc1ccc2cc1OCC(=O)NCc1ccc(c(OC)c1)O[C@H]1CN(C(=O)CO)C[C@@H]1NC2=O. The smallest absolute Gasteiger partial charge is 0.258 e. The van der Waals surface area contributed by atoms with Crippen LogP contribution in [-0.4, -0.2) is 80.4 Å². The van der Waals surface area contributed by atoms with Gasteiger partial charge in [0.2, 0.25) is 5.91 Å². The molecule has 3 aliphatic heterocycles. The van der Waals surface area contributed by atoms with Gasteiger partial charge in [-0.05, 0) is 35.9 Å². The van der Waals surface area contributed by atoms with Crippen molar-refractivity contribution in [2.24, 2.45) is 0 Å². The summed E-state index contributed by atoms with van der Waals surface area (Å²) in [6.07, 6.45) is -0.599. The Labute approximate surface area is 201 Å². The number of amides is 3. The van der Waals surface area contributed by atoms with Crippen LogP contribution in [0.4, 0.5) is 0 Å². The van der Waals surface area contributed by atoms with Gasteiger partial charge >= 0.3 is 0 Å². The van der Waals surface area contributed by atoms with Crippen molar-refractivity contribution in [3.63, 3.8) is 0 Å². The van der Waals surface area contributed by atoms with Crippen LogP contribution < -0.4 is 29.6 Å². The number of carbonyl (C=O) groups is 3. The van der Waals surface area contributed by atoms with Crippen LogP contribution in [0.25, 0.3) is 0 Å². The Kier molecular flexibility index (Phi) is 7.25. The first-order chi connectivity index (χ1) is 16.9. The normalized spacial score (nSPS) is 20.0. The zero-order valence-electron chi connectivity index (χ0n) is 19.4. The van der Waals surface area contributed by atoms with E-state index in [9.17, 15) is 19.5 Å². The van der Waals surface area contributed by atoms with Crippen LogP contribution in [0.5, 0.6) is 23.0 Å². The van der Waals surface area contributed by atoms with E-state index in [1.54, 1.807) is 30.3 Å². The molecule has 3 heterocycles. The maximum absolute atomic E-state index is 13.1. The van der Waals surface area contributed by atoms with Gasteiger partial charge in [-0.15, -0.1) is 0 Å². The van der Waals surface area contributed by atoms with Gasteiger partial charge in [-0.25, -0.2) is 0 Å². The summed E-state index contributed by atoms with van der Waals surface area (Å²) in [5.41, 5.74) is 1.05. The molecule has 0 aromatic heterocycles. The Balaban J connectivity index is 1.69. The molecule has 2 aromatic rings. The molecule has 35 heavy (non-hydrogen) atoms. The van der Waals surface area contributed by atoms with Crippen LogP contribution in [-0.2, 0) is 16.1 Å². The number of nitrogens with one attached hydrogen (secondary N) is 2. The monoisotopic (exact) mass is 485 g/mol. The molecule has 0 aliphatic carbocycles. The highest BCUT2D eigenvalue weighted by molar-refractivity contribution is 5.95. The lowest BCUT2D eigenvalue weighted by molar-refractivity contribution is -0.133. The molecule has 2 aromatic carbocycles. The highest BCUT2D eigenvalue weighted by atomic mass is 16.5. The molecule has 3 N–H and O–H groups in total. The molecule has 3 aliphatic rings. The average molecular weight is 485 g/mol. The van der Waals surface area contributed by atoms with E-state index in [2.05, 4.69) is 10.6 Å². The molecule has 3 amide bonds. The number of rotatable bonds is 3. The number of methoxy groups -OCH3 is 2. The zero-order valence-corrected chi connectivity index (χ0v) is 19.4. The van der Waals surface area contributed by atoms with Crippen LogP contribution in [0.15, 0.2) is 36.4 Å². The van der Waals surface area contributed by atoms with Crippen LogP contribution in [0.2, 0.25) is 0 Å². The minimum atomic E-state index is -0.643. The number of fused-ring (bicyclic) bond motifs is 7. The number of aliphatic hydroxyl groups excluding tert-OH is 1. The summed E-state index contributed by atoms with van der Waals surface area (Å²) in [5.74, 6) is 0.223. The van der Waals surface area contributed by atoms with Crippen molar-refractivity contribution < 1.29 is 38.4 Å². The third-order valence-electron chi connectivity index (χ3n) is 5.85. The second kappa shape index (κ2) is 10.5. The summed E-state index contributed by atoms with van der Waals surface area (Å²) in [5, 5.41) is 15.0. The summed E-state index contributed by atoms with van der Waals surface area (Å²) < 4.78 is 22.6. The van der Waals surface area contributed by atoms with Crippen LogP contribution in [0.3, 0.4) is 0 Å². The van der Waals surface area contributed by atoms with Crippen LogP contribution in [0, 0.1) is 0 Å². The summed E-state index contributed by atoms with van der Waals surface area (Å²) >= 11 is 0. The van der Waals surface area contributed by atoms with Crippen molar-refractivity contribution in [3.05, 3.63) is 47.5 Å². The molecular formula is C24H27N3O8. The number of hydrogen-bond acceptors (Lipinski definition) is 8. The van der Waals surface area contributed by atoms with E-state index in [4.69, 9.17) is 18.9 Å². The molecule has 11 heteroatoms. The summed E-state index contributed by atoms with van der Waals surface area (Å²) in [6, 6.07) is 9.29. The van der Waals surface area contributed by atoms with Gasteiger partial charge in [-0.2, -0.15) is 0 Å². The minimum Gasteiger partial charge on any atom is -0.493 e. The Morgan fingerprint density at radius 3 is 2.63 bits per heavy atom. The van der Waals surface area contributed by atoms with Crippen molar-refractivity contribution >= 4 is 17.7 Å². The largest absolute Gasteiger partial charge is 0.493 e. The first-order valence-corrected chi connectivity index (χ1v) is 11.0. The number of hydrogen-bond donors (Lipinski definition) is 3. The molecule has 2 atom stereocenters. The molecule has 1 saturated heterocycles. The number of nitrogens with zero attached hydrogens (tertiary/aromatic N) is 1. The topological polar surface area (TPSA) is 136 Å². The van der Waals surface area contributed by atoms with E-state index in [0.29, 0.717) is 17.2 Å². The molecule has 0 spiro atoms. The van der Waals surface area contributed by atoms with Crippen molar-refractivity contribution in [1.29, 1.82) is 0 Å². The lowest BCUT2D eigenvalue weighted by Gasteiger charge is -2.22. The first kappa shape index (κ1) is 24.1. The molecule has 1 fully saturated rings. The molecule has 0 radical (unpaired) electrons. The number of aliphatic hydroxyl groups is 1. The predicted octanol–water partition coefficient (Wildman–Crippen LogP) is 0.0929. The number of ether oxygens (including phenoxy) is 4. The summed E-state index contributed by atoms with van der Waals surface area (Å²) in [6.45, 7) is -0.351. The van der Waals surface area contributed by atoms with Gasteiger partial charge in [0.05, 0.1) is 26.8 Å². The van der Waals surface area contributed by atoms with Crippen LogP contribution in [0.1, 0.15) is 15.9 Å². The summed E-state index contributed by atoms with van der Waals surface area (Å²) in [7, 11) is 2.96. The summed E-state index contributed by atoms with van der Waals surface area (Å²) in [4.78, 5) is 39.0. The minimum absolute atomic E-state index is 0.161. The maximum atomic E-state index is 13.1. The molecule has 11 nitrogen and oxygen atoms in total. The first-order valence-electron chi connectivity index (χ1n) is 11.0. The van der Waals surface area contributed by atoms with E-state index < -0.39 is 30.6 Å². The van der Waals surface area contributed by atoms with E-state index in [0.717, 1.165) is 5.56 Å². The third kappa shape index (κ3) is 5.40. The van der Waals surface area contributed by atoms with Gasteiger partial charge in [-0.3, -0.25) is 14.4 Å². The number of benzene rings is 2. The van der Waals surface area contributed by atoms with Crippen molar-refractivity contribution in [2.75, 3.05) is 40.5 Å². The maximum Gasteiger partial charge on any atom is 0.258 e. The zero-order chi connectivity index (χ0) is 24.9. The lowest BCUT2D eigenvalue weighted by atomic mass is 10.1. The standard InChI is InChI=1S/C24H27N3O8/c1-32-17-6-4-15-8-20(17)34-13-22(29)25-9-14-3-5-18(19(7-14)33-2)35-21-11-27(23(30)12-28)10-16(21)26-24(15)31/h3-8,16,21,28H,9-13H2,1-2H3,(H,25,29)(H,26,31)/t16-,21-/m0/s1. The molecule has 0 unspecified atom stereocenters. The highest BCUT2D eigenvalue weighted by Crippen LogP contribution is 2.32. The lowest BCUT2D eigenvalue weighted by Crippen LogP contribution is -2.45. The fourth-order valence-electron chi connectivity index (χ4n) is 4.00. The molecule has 5 rings (SSSR count). The van der Waals surface area contributed by atoms with Gasteiger partial charge in [-0.1, -0.05) is 6.07 Å². The van der Waals surface area contributed by atoms with Crippen molar-refractivity contribution in [1.82, 2.24) is 15.5 Å². The number of carbonyl (C=O) groups excluding carboxylic acids is 3. The second-order valence-corrected chi connectivity index (χ2v) is 8.11. The molecule has 0 saturated carbocycles.